The molecule has 0 saturated heterocycles. The molecule has 11 rings (SSSR count). The summed E-state index contributed by atoms with van der Waals surface area (Å²) in [6, 6.07) is 82.0. The van der Waals surface area contributed by atoms with Crippen molar-refractivity contribution in [3.63, 3.8) is 0 Å². The minimum Gasteiger partial charge on any atom is -0.311 e. The number of hydrogen-bond acceptors (Lipinski definition) is 2. The first-order chi connectivity index (χ1) is 28.3. The van der Waals surface area contributed by atoms with Crippen molar-refractivity contribution in [3.8, 4) is 44.5 Å². The maximum atomic E-state index is 2.56. The van der Waals surface area contributed by atoms with E-state index in [1.165, 1.54) is 83.6 Å². The van der Waals surface area contributed by atoms with Gasteiger partial charge in [0.1, 0.15) is 0 Å². The van der Waals surface area contributed by atoms with Gasteiger partial charge in [-0.15, -0.1) is 0 Å². The van der Waals surface area contributed by atoms with Gasteiger partial charge in [0, 0.05) is 39.7 Å². The topological polar surface area (TPSA) is 6.48 Å². The van der Waals surface area contributed by atoms with Crippen molar-refractivity contribution in [1.29, 1.82) is 0 Å². The Morgan fingerprint density at radius 1 is 0.298 bits per heavy atom. The fraction of sp³-hybridized carbons (Fsp3) is 0. The molecule has 0 spiro atoms. The van der Waals surface area contributed by atoms with Crippen LogP contribution in [0.25, 0.3) is 44.5 Å². The summed E-state index contributed by atoms with van der Waals surface area (Å²) < 4.78 is 0. The van der Waals surface area contributed by atoms with Crippen LogP contribution in [0.1, 0.15) is 0 Å². The Bertz CT molecular complexity index is 2880. The average Bonchev–Trinajstić information content (AvgIpc) is 3.30. The third-order valence-corrected chi connectivity index (χ3v) is 11.6. The van der Waals surface area contributed by atoms with E-state index in [1.807, 2.05) is 0 Å². The zero-order valence-corrected chi connectivity index (χ0v) is 31.3. The monoisotopic (exact) mass is 724 g/mol. The molecular formula is C54H37BN2. The summed E-state index contributed by atoms with van der Waals surface area (Å²) in [7, 11) is 0. The van der Waals surface area contributed by atoms with Crippen molar-refractivity contribution in [1.82, 2.24) is 0 Å². The van der Waals surface area contributed by atoms with Crippen LogP contribution in [0.2, 0.25) is 0 Å². The second-order valence-electron chi connectivity index (χ2n) is 14.8. The van der Waals surface area contributed by atoms with E-state index in [1.54, 1.807) is 0 Å². The van der Waals surface area contributed by atoms with E-state index >= 15 is 0 Å². The summed E-state index contributed by atoms with van der Waals surface area (Å²) in [4.78, 5) is 5.01. The molecule has 2 aliphatic rings. The van der Waals surface area contributed by atoms with Crippen molar-refractivity contribution in [2.24, 2.45) is 0 Å². The Labute approximate surface area is 334 Å². The smallest absolute Gasteiger partial charge is 0.252 e. The van der Waals surface area contributed by atoms with Gasteiger partial charge in [-0.25, -0.2) is 0 Å². The third kappa shape index (κ3) is 5.43. The number of benzene rings is 9. The second-order valence-corrected chi connectivity index (χ2v) is 14.8. The maximum Gasteiger partial charge on any atom is 0.252 e. The third-order valence-electron chi connectivity index (χ3n) is 11.6. The Morgan fingerprint density at radius 2 is 0.754 bits per heavy atom. The zero-order chi connectivity index (χ0) is 37.7. The normalized spacial score (nSPS) is 12.5. The fourth-order valence-electron chi connectivity index (χ4n) is 9.24. The predicted molar refractivity (Wildman–Crippen MR) is 242 cm³/mol. The molecule has 2 aliphatic heterocycles. The number of para-hydroxylation sites is 2. The Hall–Kier alpha value is -7.36. The molecule has 0 aliphatic carbocycles. The standard InChI is InChI=1S/C54H37BN2/c1-6-19-38(20-7-1)39-33-35-44(36-34-39)57-50-32-18-31-49-53(50)55(46-29-16-17-30-48(46)56(49)43-27-14-5-15-28-43)47-37-45(40-21-8-2-9-22-40)51(41-23-10-3-11-24-41)52(54(47)57)42-25-12-4-13-26-42/h1-37H. The molecule has 57 heavy (non-hydrogen) atoms. The number of rotatable bonds is 6. The molecule has 0 amide bonds. The van der Waals surface area contributed by atoms with E-state index in [9.17, 15) is 0 Å². The Balaban J connectivity index is 1.29. The van der Waals surface area contributed by atoms with Crippen molar-refractivity contribution < 1.29 is 0 Å². The summed E-state index contributed by atoms with van der Waals surface area (Å²) in [5, 5.41) is 0. The van der Waals surface area contributed by atoms with Gasteiger partial charge in [0.25, 0.3) is 6.71 Å². The van der Waals surface area contributed by atoms with Crippen LogP contribution >= 0.6 is 0 Å². The quantitative estimate of drug-likeness (QED) is 0.158. The van der Waals surface area contributed by atoms with Crippen LogP contribution in [-0.4, -0.2) is 6.71 Å². The molecule has 0 fully saturated rings. The molecule has 0 atom stereocenters. The lowest BCUT2D eigenvalue weighted by atomic mass is 9.33. The summed E-state index contributed by atoms with van der Waals surface area (Å²) in [5.41, 5.74) is 20.6. The van der Waals surface area contributed by atoms with Crippen LogP contribution in [0.15, 0.2) is 224 Å². The second kappa shape index (κ2) is 13.7. The lowest BCUT2D eigenvalue weighted by Gasteiger charge is -2.45. The van der Waals surface area contributed by atoms with Gasteiger partial charge in [-0.2, -0.15) is 0 Å². The van der Waals surface area contributed by atoms with E-state index in [0.717, 1.165) is 11.4 Å². The largest absolute Gasteiger partial charge is 0.311 e. The van der Waals surface area contributed by atoms with Crippen molar-refractivity contribution in [3.05, 3.63) is 224 Å². The first-order valence-electron chi connectivity index (χ1n) is 19.7. The van der Waals surface area contributed by atoms with Crippen LogP contribution in [0.3, 0.4) is 0 Å². The molecule has 3 heteroatoms. The molecule has 0 bridgehead atoms. The first-order valence-corrected chi connectivity index (χ1v) is 19.7. The summed E-state index contributed by atoms with van der Waals surface area (Å²) in [6.45, 7) is -0.0167. The number of nitrogens with zero attached hydrogens (tertiary/aromatic N) is 2. The van der Waals surface area contributed by atoms with Gasteiger partial charge in [0.15, 0.2) is 0 Å². The van der Waals surface area contributed by atoms with Gasteiger partial charge in [0.05, 0.1) is 0 Å². The van der Waals surface area contributed by atoms with Gasteiger partial charge in [-0.05, 0) is 97.8 Å². The first kappa shape index (κ1) is 33.0. The highest BCUT2D eigenvalue weighted by Gasteiger charge is 2.45. The molecule has 9 aromatic carbocycles. The maximum absolute atomic E-state index is 2.56. The fourth-order valence-corrected chi connectivity index (χ4v) is 9.24. The van der Waals surface area contributed by atoms with E-state index in [0.29, 0.717) is 0 Å². The van der Waals surface area contributed by atoms with Gasteiger partial charge in [-0.1, -0.05) is 182 Å². The SMILES string of the molecule is c1ccc(-c2ccc(N3c4cccc5c4B(c4ccccc4N5c4ccccc4)c4cc(-c5ccccc5)c(-c5ccccc5)c(-c5ccccc5)c43)cc2)cc1. The molecular weight excluding hydrogens is 687 g/mol. The van der Waals surface area contributed by atoms with Crippen molar-refractivity contribution >= 4 is 57.2 Å². The van der Waals surface area contributed by atoms with E-state index in [4.69, 9.17) is 0 Å². The highest BCUT2D eigenvalue weighted by molar-refractivity contribution is 7.00. The molecule has 0 aromatic heterocycles. The Morgan fingerprint density at radius 3 is 1.39 bits per heavy atom. The lowest BCUT2D eigenvalue weighted by molar-refractivity contribution is 1.25. The molecule has 0 unspecified atom stereocenters. The number of fused-ring (bicyclic) bond motifs is 4. The highest BCUT2D eigenvalue weighted by Crippen LogP contribution is 2.51. The average molecular weight is 725 g/mol. The summed E-state index contributed by atoms with van der Waals surface area (Å²) in [6.07, 6.45) is 0. The van der Waals surface area contributed by atoms with Gasteiger partial charge in [0.2, 0.25) is 0 Å². The van der Waals surface area contributed by atoms with E-state index < -0.39 is 0 Å². The predicted octanol–water partition coefficient (Wildman–Crippen LogP) is 12.4. The zero-order valence-electron chi connectivity index (χ0n) is 31.3. The molecule has 266 valence electrons. The number of anilines is 6. The molecule has 2 nitrogen and oxygen atoms in total. The lowest BCUT2D eigenvalue weighted by Crippen LogP contribution is -2.61. The minimum atomic E-state index is -0.0167. The van der Waals surface area contributed by atoms with Crippen LogP contribution in [0.5, 0.6) is 0 Å². The van der Waals surface area contributed by atoms with Gasteiger partial charge in [-0.3, -0.25) is 0 Å². The van der Waals surface area contributed by atoms with Gasteiger partial charge >= 0.3 is 0 Å². The van der Waals surface area contributed by atoms with Gasteiger partial charge < -0.3 is 9.80 Å². The van der Waals surface area contributed by atoms with Crippen LogP contribution < -0.4 is 26.2 Å². The molecule has 0 N–H and O–H groups in total. The van der Waals surface area contributed by atoms with Crippen molar-refractivity contribution in [2.45, 2.75) is 0 Å². The summed E-state index contributed by atoms with van der Waals surface area (Å²) in [5.74, 6) is 0. The van der Waals surface area contributed by atoms with Crippen LogP contribution in [0, 0.1) is 0 Å². The van der Waals surface area contributed by atoms with E-state index in [2.05, 4.69) is 234 Å². The number of hydrogen-bond donors (Lipinski definition) is 0. The molecule has 9 aromatic rings. The van der Waals surface area contributed by atoms with Crippen LogP contribution in [-0.2, 0) is 0 Å². The summed E-state index contributed by atoms with van der Waals surface area (Å²) >= 11 is 0. The highest BCUT2D eigenvalue weighted by atomic mass is 15.2. The van der Waals surface area contributed by atoms with Crippen LogP contribution in [0.4, 0.5) is 34.1 Å². The molecule has 0 saturated carbocycles. The molecule has 2 heterocycles. The van der Waals surface area contributed by atoms with Crippen molar-refractivity contribution in [2.75, 3.05) is 9.80 Å². The minimum absolute atomic E-state index is 0.0167. The van der Waals surface area contributed by atoms with E-state index in [-0.39, 0.29) is 6.71 Å². The Kier molecular flexibility index (Phi) is 7.96. The molecule has 0 radical (unpaired) electrons.